The maximum atomic E-state index is 11.7. The molecule has 1 aliphatic heterocycles. The van der Waals surface area contributed by atoms with Gasteiger partial charge in [-0.15, -0.1) is 11.6 Å². The van der Waals surface area contributed by atoms with Gasteiger partial charge >= 0.3 is 0 Å². The molecule has 1 amide bonds. The van der Waals surface area contributed by atoms with Gasteiger partial charge in [-0.25, -0.2) is 0 Å². The molecule has 0 saturated carbocycles. The molecular formula is C20H20ClN3O. The van der Waals surface area contributed by atoms with Crippen LogP contribution in [0.3, 0.4) is 0 Å². The third kappa shape index (κ3) is 3.14. The molecule has 128 valence electrons. The quantitative estimate of drug-likeness (QED) is 0.718. The summed E-state index contributed by atoms with van der Waals surface area (Å²) in [5, 5.41) is 10.2. The fourth-order valence-corrected chi connectivity index (χ4v) is 3.83. The van der Waals surface area contributed by atoms with Gasteiger partial charge in [0.05, 0.1) is 5.69 Å². The first-order chi connectivity index (χ1) is 12.3. The van der Waals surface area contributed by atoms with Crippen molar-refractivity contribution >= 4 is 28.3 Å². The second kappa shape index (κ2) is 6.89. The Morgan fingerprint density at radius 2 is 1.92 bits per heavy atom. The number of halogens is 1. The number of carbonyl (C=O) groups is 1. The number of piperidine rings is 1. The van der Waals surface area contributed by atoms with Crippen LogP contribution in [0.2, 0.25) is 0 Å². The average molecular weight is 354 g/mol. The van der Waals surface area contributed by atoms with E-state index in [9.17, 15) is 4.79 Å². The number of nitrogens with one attached hydrogen (secondary N) is 1. The first-order valence-electron chi connectivity index (χ1n) is 8.63. The van der Waals surface area contributed by atoms with Gasteiger partial charge in [0, 0.05) is 30.3 Å². The molecule has 0 aliphatic carbocycles. The van der Waals surface area contributed by atoms with Crippen molar-refractivity contribution in [2.75, 3.05) is 19.0 Å². The number of hydrogen-bond acceptors (Lipinski definition) is 2. The van der Waals surface area contributed by atoms with E-state index in [4.69, 9.17) is 11.6 Å². The molecule has 0 bridgehead atoms. The van der Waals surface area contributed by atoms with Gasteiger partial charge in [0.2, 0.25) is 5.91 Å². The summed E-state index contributed by atoms with van der Waals surface area (Å²) in [5.74, 6) is 0.511. The van der Waals surface area contributed by atoms with E-state index in [0.717, 1.165) is 42.9 Å². The number of carbonyl (C=O) groups excluding carboxylic acids is 1. The van der Waals surface area contributed by atoms with Crippen LogP contribution in [0.4, 0.5) is 0 Å². The summed E-state index contributed by atoms with van der Waals surface area (Å²) in [6.45, 7) is 1.53. The summed E-state index contributed by atoms with van der Waals surface area (Å²) in [6.07, 6.45) is 1.89. The number of alkyl halides is 1. The van der Waals surface area contributed by atoms with E-state index < -0.39 is 0 Å². The standard InChI is InChI=1S/C20H20ClN3O/c21-13-20(25)24-10-8-15(9-11-24)18-12-19(23-22-18)17-7-3-5-14-4-1-2-6-16(14)17/h1-7,12,15H,8-11,13H2,(H,22,23). The predicted molar refractivity (Wildman–Crippen MR) is 101 cm³/mol. The molecule has 0 radical (unpaired) electrons. The highest BCUT2D eigenvalue weighted by molar-refractivity contribution is 6.27. The van der Waals surface area contributed by atoms with Crippen LogP contribution in [0.1, 0.15) is 24.5 Å². The number of aromatic nitrogens is 2. The van der Waals surface area contributed by atoms with Crippen molar-refractivity contribution in [1.29, 1.82) is 0 Å². The van der Waals surface area contributed by atoms with Crippen LogP contribution in [0.25, 0.3) is 22.0 Å². The van der Waals surface area contributed by atoms with Gasteiger partial charge in [-0.3, -0.25) is 9.89 Å². The number of H-pyrrole nitrogens is 1. The van der Waals surface area contributed by atoms with Crippen molar-refractivity contribution < 1.29 is 4.79 Å². The van der Waals surface area contributed by atoms with Crippen LogP contribution in [0, 0.1) is 0 Å². The minimum atomic E-state index is 0.0289. The van der Waals surface area contributed by atoms with Gasteiger partial charge in [0.15, 0.2) is 0 Å². The number of benzene rings is 2. The number of aromatic amines is 1. The summed E-state index contributed by atoms with van der Waals surface area (Å²) in [5.41, 5.74) is 3.28. The molecule has 2 heterocycles. The fourth-order valence-electron chi connectivity index (χ4n) is 3.66. The lowest BCUT2D eigenvalue weighted by atomic mass is 9.93. The maximum Gasteiger partial charge on any atom is 0.237 e. The molecule has 1 N–H and O–H groups in total. The lowest BCUT2D eigenvalue weighted by Crippen LogP contribution is -2.38. The van der Waals surface area contributed by atoms with Crippen molar-refractivity contribution in [2.45, 2.75) is 18.8 Å². The Hall–Kier alpha value is -2.33. The lowest BCUT2D eigenvalue weighted by molar-refractivity contribution is -0.129. The Balaban J connectivity index is 1.56. The highest BCUT2D eigenvalue weighted by Crippen LogP contribution is 2.32. The number of fused-ring (bicyclic) bond motifs is 1. The largest absolute Gasteiger partial charge is 0.342 e. The van der Waals surface area contributed by atoms with Crippen LogP contribution >= 0.6 is 11.6 Å². The highest BCUT2D eigenvalue weighted by atomic mass is 35.5. The van der Waals surface area contributed by atoms with Crippen molar-refractivity contribution in [1.82, 2.24) is 15.1 Å². The van der Waals surface area contributed by atoms with Crippen LogP contribution in [-0.2, 0) is 4.79 Å². The molecule has 2 aromatic carbocycles. The van der Waals surface area contributed by atoms with Gasteiger partial charge < -0.3 is 4.90 Å². The number of nitrogens with zero attached hydrogens (tertiary/aromatic N) is 2. The van der Waals surface area contributed by atoms with Gasteiger partial charge in [0.1, 0.15) is 5.88 Å². The number of likely N-dealkylation sites (tertiary alicyclic amines) is 1. The van der Waals surface area contributed by atoms with E-state index in [1.54, 1.807) is 0 Å². The SMILES string of the molecule is O=C(CCl)N1CCC(c2cc(-c3cccc4ccccc34)n[nH]2)CC1. The minimum Gasteiger partial charge on any atom is -0.342 e. The maximum absolute atomic E-state index is 11.7. The smallest absolute Gasteiger partial charge is 0.237 e. The third-order valence-electron chi connectivity index (χ3n) is 5.07. The summed E-state index contributed by atoms with van der Waals surface area (Å²) in [6, 6.07) is 16.8. The lowest BCUT2D eigenvalue weighted by Gasteiger charge is -2.31. The summed E-state index contributed by atoms with van der Waals surface area (Å²) >= 11 is 5.65. The predicted octanol–water partition coefficient (Wildman–Crippen LogP) is 4.17. The van der Waals surface area contributed by atoms with Gasteiger partial charge in [-0.2, -0.15) is 5.10 Å². The van der Waals surface area contributed by atoms with Crippen LogP contribution in [0.5, 0.6) is 0 Å². The molecule has 1 fully saturated rings. The van der Waals surface area contributed by atoms with E-state index in [2.05, 4.69) is 58.7 Å². The van der Waals surface area contributed by atoms with Crippen molar-refractivity contribution in [3.63, 3.8) is 0 Å². The zero-order valence-corrected chi connectivity index (χ0v) is 14.7. The number of amides is 1. The molecule has 0 unspecified atom stereocenters. The zero-order chi connectivity index (χ0) is 17.2. The van der Waals surface area contributed by atoms with Gasteiger partial charge in [0.25, 0.3) is 0 Å². The van der Waals surface area contributed by atoms with Crippen LogP contribution < -0.4 is 0 Å². The Morgan fingerprint density at radius 3 is 2.72 bits per heavy atom. The van der Waals surface area contributed by atoms with E-state index in [-0.39, 0.29) is 11.8 Å². The summed E-state index contributed by atoms with van der Waals surface area (Å²) < 4.78 is 0. The van der Waals surface area contributed by atoms with Crippen molar-refractivity contribution in [3.8, 4) is 11.3 Å². The number of hydrogen-bond donors (Lipinski definition) is 1. The Kier molecular flexibility index (Phi) is 4.45. The van der Waals surface area contributed by atoms with E-state index in [1.165, 1.54) is 10.8 Å². The molecule has 0 spiro atoms. The van der Waals surface area contributed by atoms with Crippen molar-refractivity contribution in [2.24, 2.45) is 0 Å². The van der Waals surface area contributed by atoms with E-state index in [1.807, 2.05) is 4.90 Å². The van der Waals surface area contributed by atoms with E-state index in [0.29, 0.717) is 5.92 Å². The normalized spacial score (nSPS) is 15.6. The molecule has 3 aromatic rings. The molecule has 1 aliphatic rings. The van der Waals surface area contributed by atoms with Crippen molar-refractivity contribution in [3.05, 3.63) is 54.2 Å². The second-order valence-corrected chi connectivity index (χ2v) is 6.79. The summed E-state index contributed by atoms with van der Waals surface area (Å²) in [7, 11) is 0. The molecule has 1 aromatic heterocycles. The molecule has 1 saturated heterocycles. The average Bonchev–Trinajstić information content (AvgIpc) is 3.17. The Bertz CT molecular complexity index is 891. The molecule has 25 heavy (non-hydrogen) atoms. The fraction of sp³-hybridized carbons (Fsp3) is 0.300. The van der Waals surface area contributed by atoms with Crippen LogP contribution in [0.15, 0.2) is 48.5 Å². The number of rotatable bonds is 3. The molecule has 0 atom stereocenters. The molecule has 5 heteroatoms. The Labute approximate surface area is 151 Å². The Morgan fingerprint density at radius 1 is 1.16 bits per heavy atom. The van der Waals surface area contributed by atoms with Crippen LogP contribution in [-0.4, -0.2) is 40.0 Å². The van der Waals surface area contributed by atoms with Gasteiger partial charge in [-0.1, -0.05) is 42.5 Å². The van der Waals surface area contributed by atoms with E-state index >= 15 is 0 Å². The minimum absolute atomic E-state index is 0.0289. The second-order valence-electron chi connectivity index (χ2n) is 6.52. The monoisotopic (exact) mass is 353 g/mol. The molecular weight excluding hydrogens is 334 g/mol. The first-order valence-corrected chi connectivity index (χ1v) is 9.17. The molecule has 4 nitrogen and oxygen atoms in total. The topological polar surface area (TPSA) is 49.0 Å². The first kappa shape index (κ1) is 16.2. The van der Waals surface area contributed by atoms with Gasteiger partial charge in [-0.05, 0) is 29.7 Å². The zero-order valence-electron chi connectivity index (χ0n) is 13.9. The molecule has 4 rings (SSSR count). The third-order valence-corrected chi connectivity index (χ3v) is 5.29. The summed E-state index contributed by atoms with van der Waals surface area (Å²) in [4.78, 5) is 13.6. The highest BCUT2D eigenvalue weighted by Gasteiger charge is 2.24.